The van der Waals surface area contributed by atoms with Gasteiger partial charge in [-0.15, -0.1) is 0 Å². The fourth-order valence-corrected chi connectivity index (χ4v) is 2.32. The van der Waals surface area contributed by atoms with Gasteiger partial charge in [-0.05, 0) is 36.6 Å². The molecule has 0 saturated heterocycles. The molecule has 1 aliphatic carbocycles. The molecular weight excluding hydrogens is 269 g/mol. The lowest BCUT2D eigenvalue weighted by molar-refractivity contribution is 0.0730. The van der Waals surface area contributed by atoms with Crippen LogP contribution in [-0.4, -0.2) is 21.8 Å². The number of pyridine rings is 1. The maximum absolute atomic E-state index is 13.5. The molecule has 5 heteroatoms. The molecule has 21 heavy (non-hydrogen) atoms. The average Bonchev–Trinajstić information content (AvgIpc) is 3.33. The number of hydrogen-bond donors (Lipinski definition) is 1. The molecule has 2 N–H and O–H groups in total. The number of nitrogens with two attached hydrogens (primary N) is 1. The quantitative estimate of drug-likeness (QED) is 0.878. The van der Waals surface area contributed by atoms with Crippen molar-refractivity contribution >= 4 is 11.6 Å². The maximum atomic E-state index is 13.5. The third kappa shape index (κ3) is 2.86. The zero-order chi connectivity index (χ0) is 14.8. The molecule has 3 rings (SSSR count). The van der Waals surface area contributed by atoms with E-state index in [9.17, 15) is 9.18 Å². The van der Waals surface area contributed by atoms with E-state index in [1.54, 1.807) is 23.4 Å². The van der Waals surface area contributed by atoms with Gasteiger partial charge in [0.1, 0.15) is 5.82 Å². The number of para-hydroxylation sites is 1. The molecule has 0 atom stereocenters. The van der Waals surface area contributed by atoms with Crippen molar-refractivity contribution in [1.29, 1.82) is 0 Å². The number of benzene rings is 1. The lowest BCUT2D eigenvalue weighted by atomic mass is 10.1. The van der Waals surface area contributed by atoms with Crippen molar-refractivity contribution in [3.05, 3.63) is 59.7 Å². The van der Waals surface area contributed by atoms with Crippen LogP contribution >= 0.6 is 0 Å². The summed E-state index contributed by atoms with van der Waals surface area (Å²) in [5, 5.41) is 0. The van der Waals surface area contributed by atoms with Crippen molar-refractivity contribution in [3.8, 4) is 0 Å². The first kappa shape index (κ1) is 13.5. The highest BCUT2D eigenvalue weighted by atomic mass is 19.1. The zero-order valence-corrected chi connectivity index (χ0v) is 11.5. The number of aromatic nitrogens is 1. The van der Waals surface area contributed by atoms with Gasteiger partial charge in [0, 0.05) is 25.0 Å². The van der Waals surface area contributed by atoms with Crippen LogP contribution in [0.5, 0.6) is 0 Å². The Bertz CT molecular complexity index is 656. The van der Waals surface area contributed by atoms with Crippen LogP contribution in [0.4, 0.5) is 10.1 Å². The standard InChI is InChI=1S/C16H16FN3O/c17-14-5-1-4-13(15(14)18)16(21)20(12-6-7-12)10-11-3-2-8-19-9-11/h1-5,8-9,12H,6-7,10,18H2. The third-order valence-corrected chi connectivity index (χ3v) is 3.61. The summed E-state index contributed by atoms with van der Waals surface area (Å²) < 4.78 is 13.5. The number of nitrogen functional groups attached to an aromatic ring is 1. The van der Waals surface area contributed by atoms with E-state index in [-0.39, 0.29) is 23.2 Å². The van der Waals surface area contributed by atoms with Crippen LogP contribution in [0.2, 0.25) is 0 Å². The van der Waals surface area contributed by atoms with Gasteiger partial charge in [-0.2, -0.15) is 0 Å². The summed E-state index contributed by atoms with van der Waals surface area (Å²) in [6.45, 7) is 0.466. The number of rotatable bonds is 4. The van der Waals surface area contributed by atoms with Gasteiger partial charge in [-0.1, -0.05) is 12.1 Å². The first-order valence-electron chi connectivity index (χ1n) is 6.90. The second-order valence-electron chi connectivity index (χ2n) is 5.23. The second kappa shape index (κ2) is 5.52. The van der Waals surface area contributed by atoms with Crippen LogP contribution in [0.3, 0.4) is 0 Å². The number of carbonyl (C=O) groups excluding carboxylic acids is 1. The van der Waals surface area contributed by atoms with Crippen molar-refractivity contribution in [2.45, 2.75) is 25.4 Å². The van der Waals surface area contributed by atoms with Crippen LogP contribution in [0, 0.1) is 5.82 Å². The molecule has 4 nitrogen and oxygen atoms in total. The fourth-order valence-electron chi connectivity index (χ4n) is 2.32. The molecule has 108 valence electrons. The van der Waals surface area contributed by atoms with Gasteiger partial charge in [0.2, 0.25) is 0 Å². The van der Waals surface area contributed by atoms with E-state index in [1.807, 2.05) is 12.1 Å². The van der Waals surface area contributed by atoms with Crippen LogP contribution in [-0.2, 0) is 6.54 Å². The Hall–Kier alpha value is -2.43. The molecule has 0 unspecified atom stereocenters. The molecule has 1 fully saturated rings. The van der Waals surface area contributed by atoms with Gasteiger partial charge >= 0.3 is 0 Å². The molecule has 0 aliphatic heterocycles. The molecule has 0 bridgehead atoms. The molecule has 0 radical (unpaired) electrons. The predicted octanol–water partition coefficient (Wildman–Crippen LogP) is 2.61. The molecule has 1 heterocycles. The number of anilines is 1. The minimum Gasteiger partial charge on any atom is -0.396 e. The Balaban J connectivity index is 1.87. The molecule has 1 aromatic carbocycles. The highest BCUT2D eigenvalue weighted by Gasteiger charge is 2.34. The van der Waals surface area contributed by atoms with E-state index in [1.165, 1.54) is 12.1 Å². The first-order valence-corrected chi connectivity index (χ1v) is 6.90. The van der Waals surface area contributed by atoms with Gasteiger partial charge in [-0.25, -0.2) is 4.39 Å². The predicted molar refractivity (Wildman–Crippen MR) is 77.9 cm³/mol. The summed E-state index contributed by atoms with van der Waals surface area (Å²) >= 11 is 0. The van der Waals surface area contributed by atoms with Gasteiger partial charge < -0.3 is 10.6 Å². The first-order chi connectivity index (χ1) is 10.2. The molecule has 0 spiro atoms. The summed E-state index contributed by atoms with van der Waals surface area (Å²) in [5.74, 6) is -0.781. The van der Waals surface area contributed by atoms with Crippen LogP contribution < -0.4 is 5.73 Å². The molecule has 1 saturated carbocycles. The minimum atomic E-state index is -0.557. The summed E-state index contributed by atoms with van der Waals surface area (Å²) in [6.07, 6.45) is 5.37. The van der Waals surface area contributed by atoms with Gasteiger partial charge in [0.05, 0.1) is 11.3 Å². The Morgan fingerprint density at radius 3 is 2.81 bits per heavy atom. The molecule has 2 aromatic rings. The normalized spacial score (nSPS) is 14.0. The average molecular weight is 285 g/mol. The Morgan fingerprint density at radius 2 is 2.14 bits per heavy atom. The summed E-state index contributed by atoms with van der Waals surface area (Å²) in [4.78, 5) is 18.5. The van der Waals surface area contributed by atoms with E-state index < -0.39 is 5.82 Å². The largest absolute Gasteiger partial charge is 0.396 e. The van der Waals surface area contributed by atoms with Gasteiger partial charge in [-0.3, -0.25) is 9.78 Å². The lowest BCUT2D eigenvalue weighted by Crippen LogP contribution is -2.33. The number of amides is 1. The van der Waals surface area contributed by atoms with E-state index in [4.69, 9.17) is 5.73 Å². The summed E-state index contributed by atoms with van der Waals surface area (Å²) in [7, 11) is 0. The van der Waals surface area contributed by atoms with Crippen LogP contribution in [0.15, 0.2) is 42.7 Å². The van der Waals surface area contributed by atoms with Crippen molar-refractivity contribution in [2.24, 2.45) is 0 Å². The van der Waals surface area contributed by atoms with E-state index >= 15 is 0 Å². The smallest absolute Gasteiger partial charge is 0.256 e. The van der Waals surface area contributed by atoms with Crippen molar-refractivity contribution < 1.29 is 9.18 Å². The van der Waals surface area contributed by atoms with Crippen LogP contribution in [0.25, 0.3) is 0 Å². The van der Waals surface area contributed by atoms with Crippen molar-refractivity contribution in [3.63, 3.8) is 0 Å². The Kier molecular flexibility index (Phi) is 3.56. The highest BCUT2D eigenvalue weighted by molar-refractivity contribution is 5.99. The SMILES string of the molecule is Nc1c(F)cccc1C(=O)N(Cc1cccnc1)C1CC1. The zero-order valence-electron chi connectivity index (χ0n) is 11.5. The molecular formula is C16H16FN3O. The summed E-state index contributed by atoms with van der Waals surface area (Å²) in [5.41, 5.74) is 6.80. The number of carbonyl (C=O) groups is 1. The molecule has 1 aliphatic rings. The van der Waals surface area contributed by atoms with Crippen LogP contribution in [0.1, 0.15) is 28.8 Å². The van der Waals surface area contributed by atoms with E-state index in [0.717, 1.165) is 18.4 Å². The highest BCUT2D eigenvalue weighted by Crippen LogP contribution is 2.31. The van der Waals surface area contributed by atoms with E-state index in [0.29, 0.717) is 6.54 Å². The molecule has 1 amide bonds. The van der Waals surface area contributed by atoms with E-state index in [2.05, 4.69) is 4.98 Å². The number of hydrogen-bond acceptors (Lipinski definition) is 3. The fraction of sp³-hybridized carbons (Fsp3) is 0.250. The Labute approximate surface area is 122 Å². The maximum Gasteiger partial charge on any atom is 0.256 e. The topological polar surface area (TPSA) is 59.2 Å². The summed E-state index contributed by atoms with van der Waals surface area (Å²) in [6, 6.07) is 8.30. The minimum absolute atomic E-state index is 0.0839. The van der Waals surface area contributed by atoms with Crippen molar-refractivity contribution in [1.82, 2.24) is 9.88 Å². The van der Waals surface area contributed by atoms with Gasteiger partial charge in [0.25, 0.3) is 5.91 Å². The third-order valence-electron chi connectivity index (χ3n) is 3.61. The molecule has 1 aromatic heterocycles. The second-order valence-corrected chi connectivity index (χ2v) is 5.23. The number of halogens is 1. The van der Waals surface area contributed by atoms with Crippen molar-refractivity contribution in [2.75, 3.05) is 5.73 Å². The number of nitrogens with zero attached hydrogens (tertiary/aromatic N) is 2. The Morgan fingerprint density at radius 1 is 1.33 bits per heavy atom. The lowest BCUT2D eigenvalue weighted by Gasteiger charge is -2.23. The monoisotopic (exact) mass is 285 g/mol. The van der Waals surface area contributed by atoms with Gasteiger partial charge in [0.15, 0.2) is 0 Å².